The van der Waals surface area contributed by atoms with Crippen molar-refractivity contribution in [1.29, 1.82) is 0 Å². The highest BCUT2D eigenvalue weighted by Gasteiger charge is 2.41. The second kappa shape index (κ2) is 6.68. The van der Waals surface area contributed by atoms with Gasteiger partial charge in [0.25, 0.3) is 0 Å². The van der Waals surface area contributed by atoms with E-state index in [1.54, 1.807) is 0 Å². The summed E-state index contributed by atoms with van der Waals surface area (Å²) in [4.78, 5) is 4.55. The van der Waals surface area contributed by atoms with Crippen LogP contribution in [-0.4, -0.2) is 16.7 Å². The van der Waals surface area contributed by atoms with Crippen LogP contribution in [-0.2, 0) is 10.3 Å². The smallest absolute Gasteiger partial charge is 0.243 e. The molecule has 2 N–H and O–H groups in total. The highest BCUT2D eigenvalue weighted by molar-refractivity contribution is 5.05. The predicted molar refractivity (Wildman–Crippen MR) is 77.1 cm³/mol. The summed E-state index contributed by atoms with van der Waals surface area (Å²) >= 11 is 0. The van der Waals surface area contributed by atoms with E-state index < -0.39 is 0 Å². The molecule has 0 amide bonds. The van der Waals surface area contributed by atoms with Crippen molar-refractivity contribution in [2.24, 2.45) is 11.7 Å². The molecule has 0 saturated heterocycles. The molecule has 1 fully saturated rings. The summed E-state index contributed by atoms with van der Waals surface area (Å²) in [5, 5.41) is 4.18. The van der Waals surface area contributed by atoms with E-state index in [-0.39, 0.29) is 11.6 Å². The Morgan fingerprint density at radius 2 is 2.30 bits per heavy atom. The topological polar surface area (TPSA) is 74.2 Å². The predicted octanol–water partition coefficient (Wildman–Crippen LogP) is 3.31. The van der Waals surface area contributed by atoms with E-state index >= 15 is 0 Å². The Labute approximate surface area is 121 Å². The quantitative estimate of drug-likeness (QED) is 0.865. The third kappa shape index (κ3) is 3.20. The van der Waals surface area contributed by atoms with Crippen molar-refractivity contribution < 1.29 is 9.26 Å². The maximum absolute atomic E-state index is 6.06. The minimum atomic E-state index is -0.375. The molecule has 5 heteroatoms. The monoisotopic (exact) mass is 281 g/mol. The Morgan fingerprint density at radius 1 is 1.50 bits per heavy atom. The molecule has 20 heavy (non-hydrogen) atoms. The van der Waals surface area contributed by atoms with Gasteiger partial charge >= 0.3 is 0 Å². The van der Waals surface area contributed by atoms with Crippen LogP contribution in [0.25, 0.3) is 0 Å². The number of rotatable bonds is 6. The SMILES string of the molecule is CCC[C@H](N)c1nc(C2(OCC)CCCC(C)C2)no1. The average Bonchev–Trinajstić information content (AvgIpc) is 2.89. The molecule has 1 heterocycles. The third-order valence-corrected chi connectivity index (χ3v) is 4.14. The summed E-state index contributed by atoms with van der Waals surface area (Å²) in [7, 11) is 0. The molecule has 0 radical (unpaired) electrons. The lowest BCUT2D eigenvalue weighted by atomic mass is 9.78. The molecule has 2 rings (SSSR count). The first-order chi connectivity index (χ1) is 9.61. The second-order valence-electron chi connectivity index (χ2n) is 5.98. The van der Waals surface area contributed by atoms with Gasteiger partial charge in [0.05, 0.1) is 6.04 Å². The Kier molecular flexibility index (Phi) is 5.16. The van der Waals surface area contributed by atoms with Crippen molar-refractivity contribution in [2.45, 2.75) is 70.9 Å². The maximum Gasteiger partial charge on any atom is 0.243 e. The lowest BCUT2D eigenvalue weighted by Crippen LogP contribution is -2.36. The molecule has 2 unspecified atom stereocenters. The minimum absolute atomic E-state index is 0.166. The van der Waals surface area contributed by atoms with Gasteiger partial charge in [-0.1, -0.05) is 31.8 Å². The molecule has 1 aliphatic rings. The molecule has 3 atom stereocenters. The second-order valence-corrected chi connectivity index (χ2v) is 5.98. The van der Waals surface area contributed by atoms with Crippen LogP contribution in [0.5, 0.6) is 0 Å². The largest absolute Gasteiger partial charge is 0.367 e. The number of nitrogens with zero attached hydrogens (tertiary/aromatic N) is 2. The first-order valence-electron chi connectivity index (χ1n) is 7.85. The van der Waals surface area contributed by atoms with Gasteiger partial charge in [0, 0.05) is 6.61 Å². The van der Waals surface area contributed by atoms with Gasteiger partial charge < -0.3 is 15.0 Å². The van der Waals surface area contributed by atoms with Gasteiger partial charge in [-0.2, -0.15) is 4.98 Å². The van der Waals surface area contributed by atoms with Gasteiger partial charge in [0.2, 0.25) is 11.7 Å². The van der Waals surface area contributed by atoms with Crippen LogP contribution >= 0.6 is 0 Å². The zero-order valence-electron chi connectivity index (χ0n) is 12.9. The lowest BCUT2D eigenvalue weighted by Gasteiger charge is -2.37. The van der Waals surface area contributed by atoms with E-state index in [4.69, 9.17) is 15.0 Å². The van der Waals surface area contributed by atoms with Crippen molar-refractivity contribution in [3.8, 4) is 0 Å². The number of hydrogen-bond acceptors (Lipinski definition) is 5. The van der Waals surface area contributed by atoms with Gasteiger partial charge in [-0.15, -0.1) is 0 Å². The van der Waals surface area contributed by atoms with Crippen LogP contribution in [0.3, 0.4) is 0 Å². The molecule has 1 aromatic heterocycles. The normalized spacial score (nSPS) is 28.5. The van der Waals surface area contributed by atoms with Crippen LogP contribution in [0.15, 0.2) is 4.52 Å². The summed E-state index contributed by atoms with van der Waals surface area (Å²) in [6.45, 7) is 7.04. The van der Waals surface area contributed by atoms with Crippen LogP contribution < -0.4 is 5.73 Å². The Morgan fingerprint density at radius 3 is 2.95 bits per heavy atom. The van der Waals surface area contributed by atoms with Gasteiger partial charge in [0.1, 0.15) is 5.60 Å². The molecule has 114 valence electrons. The summed E-state index contributed by atoms with van der Waals surface area (Å²) in [6, 6.07) is -0.166. The molecule has 0 aliphatic heterocycles. The molecule has 0 aromatic carbocycles. The molecular weight excluding hydrogens is 254 g/mol. The van der Waals surface area contributed by atoms with Crippen LogP contribution in [0.4, 0.5) is 0 Å². The number of aromatic nitrogens is 2. The summed E-state index contributed by atoms with van der Waals surface area (Å²) in [5.74, 6) is 1.85. The molecular formula is C15H27N3O2. The molecule has 1 saturated carbocycles. The first kappa shape index (κ1) is 15.4. The lowest BCUT2D eigenvalue weighted by molar-refractivity contribution is -0.0891. The number of ether oxygens (including phenoxy) is 1. The number of nitrogens with two attached hydrogens (primary N) is 1. The zero-order valence-corrected chi connectivity index (χ0v) is 12.9. The highest BCUT2D eigenvalue weighted by Crippen LogP contribution is 2.41. The van der Waals surface area contributed by atoms with Crippen molar-refractivity contribution in [2.75, 3.05) is 6.61 Å². The van der Waals surface area contributed by atoms with Crippen molar-refractivity contribution >= 4 is 0 Å². The van der Waals surface area contributed by atoms with E-state index in [0.717, 1.165) is 32.1 Å². The van der Waals surface area contributed by atoms with Crippen LogP contribution in [0.2, 0.25) is 0 Å². The van der Waals surface area contributed by atoms with Crippen LogP contribution in [0.1, 0.15) is 77.1 Å². The molecule has 0 spiro atoms. The fraction of sp³-hybridized carbons (Fsp3) is 0.867. The standard InChI is InChI=1S/C15H27N3O2/c1-4-7-12(16)13-17-14(18-20-13)15(19-5-2)9-6-8-11(3)10-15/h11-12H,4-10,16H2,1-3H3/t11?,12-,15?/m0/s1. The van der Waals surface area contributed by atoms with E-state index in [1.165, 1.54) is 6.42 Å². The van der Waals surface area contributed by atoms with Crippen LogP contribution in [0, 0.1) is 5.92 Å². The third-order valence-electron chi connectivity index (χ3n) is 4.14. The summed E-state index contributed by atoms with van der Waals surface area (Å²) in [6.07, 6.45) is 6.18. The fourth-order valence-electron chi connectivity index (χ4n) is 3.18. The fourth-order valence-corrected chi connectivity index (χ4v) is 3.18. The highest BCUT2D eigenvalue weighted by atomic mass is 16.5. The van der Waals surface area contributed by atoms with E-state index in [0.29, 0.717) is 24.2 Å². The van der Waals surface area contributed by atoms with E-state index in [2.05, 4.69) is 24.0 Å². The molecule has 1 aromatic rings. The summed E-state index contributed by atoms with van der Waals surface area (Å²) in [5.41, 5.74) is 5.68. The maximum atomic E-state index is 6.06. The van der Waals surface area contributed by atoms with Crippen molar-refractivity contribution in [3.05, 3.63) is 11.7 Å². The van der Waals surface area contributed by atoms with Gasteiger partial charge in [0.15, 0.2) is 0 Å². The Hall–Kier alpha value is -0.940. The van der Waals surface area contributed by atoms with Gasteiger partial charge in [-0.3, -0.25) is 0 Å². The van der Waals surface area contributed by atoms with Gasteiger partial charge in [-0.05, 0) is 38.5 Å². The molecule has 1 aliphatic carbocycles. The Bertz CT molecular complexity index is 417. The Balaban J connectivity index is 2.21. The average molecular weight is 281 g/mol. The van der Waals surface area contributed by atoms with Crippen molar-refractivity contribution in [1.82, 2.24) is 10.1 Å². The minimum Gasteiger partial charge on any atom is -0.367 e. The zero-order chi connectivity index (χ0) is 14.6. The van der Waals surface area contributed by atoms with Gasteiger partial charge in [-0.25, -0.2) is 0 Å². The van der Waals surface area contributed by atoms with Crippen molar-refractivity contribution in [3.63, 3.8) is 0 Å². The number of hydrogen-bond donors (Lipinski definition) is 1. The van der Waals surface area contributed by atoms with E-state index in [1.807, 2.05) is 6.92 Å². The first-order valence-corrected chi connectivity index (χ1v) is 7.85. The van der Waals surface area contributed by atoms with E-state index in [9.17, 15) is 0 Å². The summed E-state index contributed by atoms with van der Waals surface area (Å²) < 4.78 is 11.4. The molecule has 5 nitrogen and oxygen atoms in total. The molecule has 0 bridgehead atoms.